The van der Waals surface area contributed by atoms with Crippen LogP contribution in [0.3, 0.4) is 0 Å². The Balaban J connectivity index is 2.63. The fraction of sp³-hybridized carbons (Fsp3) is 0.429. The van der Waals surface area contributed by atoms with Gasteiger partial charge in [0.25, 0.3) is 0 Å². The average molecular weight is 205 g/mol. The molecule has 0 aliphatic heterocycles. The van der Waals surface area contributed by atoms with Crippen LogP contribution in [0.2, 0.25) is 0 Å². The molecule has 1 aliphatic rings. The number of thioether (sulfide) groups is 1. The van der Waals surface area contributed by atoms with E-state index < -0.39 is 0 Å². The van der Waals surface area contributed by atoms with Crippen molar-refractivity contribution in [2.24, 2.45) is 0 Å². The highest BCUT2D eigenvalue weighted by atomic mass is 79.9. The summed E-state index contributed by atoms with van der Waals surface area (Å²) in [5, 5.41) is 0. The van der Waals surface area contributed by atoms with E-state index in [-0.39, 0.29) is 0 Å². The van der Waals surface area contributed by atoms with Gasteiger partial charge in [0.05, 0.1) is 0 Å². The molecular weight excluding hydrogens is 196 g/mol. The van der Waals surface area contributed by atoms with E-state index in [1.165, 1.54) is 22.2 Å². The van der Waals surface area contributed by atoms with Gasteiger partial charge in [-0.1, -0.05) is 22.0 Å². The van der Waals surface area contributed by atoms with Gasteiger partial charge in [0.15, 0.2) is 0 Å². The van der Waals surface area contributed by atoms with Crippen LogP contribution in [0.4, 0.5) is 0 Å². The highest BCUT2D eigenvalue weighted by molar-refractivity contribution is 9.11. The zero-order chi connectivity index (χ0) is 6.69. The summed E-state index contributed by atoms with van der Waals surface area (Å²) >= 11 is 5.28. The van der Waals surface area contributed by atoms with E-state index in [0.717, 1.165) is 0 Å². The van der Waals surface area contributed by atoms with Crippen LogP contribution in [0, 0.1) is 0 Å². The second-order valence-corrected chi connectivity index (χ2v) is 3.79. The molecule has 1 aliphatic carbocycles. The maximum absolute atomic E-state index is 3.44. The van der Waals surface area contributed by atoms with Crippen molar-refractivity contribution in [3.8, 4) is 0 Å². The van der Waals surface area contributed by atoms with Crippen molar-refractivity contribution < 1.29 is 0 Å². The predicted molar refractivity (Wildman–Crippen MR) is 47.8 cm³/mol. The van der Waals surface area contributed by atoms with Gasteiger partial charge in [-0.15, -0.1) is 11.8 Å². The normalized spacial score (nSPS) is 18.9. The Morgan fingerprint density at radius 2 is 2.44 bits per heavy atom. The zero-order valence-corrected chi connectivity index (χ0v) is 7.76. The summed E-state index contributed by atoms with van der Waals surface area (Å²) in [6.07, 6.45) is 8.93. The van der Waals surface area contributed by atoms with Gasteiger partial charge in [-0.05, 0) is 30.1 Å². The molecule has 50 valence electrons. The minimum absolute atomic E-state index is 1.19. The molecule has 0 fully saturated rings. The van der Waals surface area contributed by atoms with Crippen LogP contribution in [-0.2, 0) is 0 Å². The van der Waals surface area contributed by atoms with Gasteiger partial charge in [0.2, 0.25) is 0 Å². The third-order valence-corrected chi connectivity index (χ3v) is 2.69. The van der Waals surface area contributed by atoms with Crippen molar-refractivity contribution in [3.63, 3.8) is 0 Å². The molecule has 0 atom stereocenters. The third-order valence-electron chi connectivity index (χ3n) is 1.29. The molecule has 0 aromatic heterocycles. The fourth-order valence-corrected chi connectivity index (χ4v) is 2.02. The van der Waals surface area contributed by atoms with E-state index in [1.54, 1.807) is 0 Å². The molecule has 0 amide bonds. The molecule has 2 heteroatoms. The molecule has 0 bridgehead atoms. The number of rotatable bonds is 1. The zero-order valence-electron chi connectivity index (χ0n) is 5.36. The second-order valence-electron chi connectivity index (χ2n) is 1.94. The van der Waals surface area contributed by atoms with Crippen molar-refractivity contribution >= 4 is 27.7 Å². The van der Waals surface area contributed by atoms with Crippen molar-refractivity contribution in [3.05, 3.63) is 21.5 Å². The van der Waals surface area contributed by atoms with Gasteiger partial charge in [0.1, 0.15) is 0 Å². The first kappa shape index (κ1) is 7.42. The SMILES string of the molecule is CSC1=CC(Br)=CCC1. The molecule has 0 spiro atoms. The summed E-state index contributed by atoms with van der Waals surface area (Å²) in [5.74, 6) is 0. The molecule has 0 heterocycles. The summed E-state index contributed by atoms with van der Waals surface area (Å²) in [6.45, 7) is 0. The molecule has 0 unspecified atom stereocenters. The van der Waals surface area contributed by atoms with E-state index in [0.29, 0.717) is 0 Å². The fourth-order valence-electron chi connectivity index (χ4n) is 0.798. The molecule has 0 saturated heterocycles. The summed E-state index contributed by atoms with van der Waals surface area (Å²) in [6, 6.07) is 0. The van der Waals surface area contributed by atoms with Crippen molar-refractivity contribution in [2.75, 3.05) is 6.26 Å². The highest BCUT2D eigenvalue weighted by Crippen LogP contribution is 2.27. The van der Waals surface area contributed by atoms with E-state index in [4.69, 9.17) is 0 Å². The van der Waals surface area contributed by atoms with Crippen LogP contribution >= 0.6 is 27.7 Å². The second kappa shape index (κ2) is 3.47. The molecular formula is C7H9BrS. The van der Waals surface area contributed by atoms with E-state index in [2.05, 4.69) is 34.3 Å². The van der Waals surface area contributed by atoms with Crippen LogP contribution in [-0.4, -0.2) is 6.26 Å². The lowest BCUT2D eigenvalue weighted by Gasteiger charge is -2.06. The van der Waals surface area contributed by atoms with Crippen LogP contribution in [0.15, 0.2) is 21.5 Å². The van der Waals surface area contributed by atoms with Gasteiger partial charge in [-0.25, -0.2) is 0 Å². The highest BCUT2D eigenvalue weighted by Gasteiger charge is 2.00. The quantitative estimate of drug-likeness (QED) is 0.632. The Hall–Kier alpha value is 0.310. The summed E-state index contributed by atoms with van der Waals surface area (Å²) in [5.41, 5.74) is 0. The molecule has 1 rings (SSSR count). The van der Waals surface area contributed by atoms with Crippen molar-refractivity contribution in [1.82, 2.24) is 0 Å². The lowest BCUT2D eigenvalue weighted by atomic mass is 10.2. The Morgan fingerprint density at radius 1 is 1.67 bits per heavy atom. The standard InChI is InChI=1S/C7H9BrS/c1-9-7-4-2-3-6(8)5-7/h3,5H,2,4H2,1H3. The van der Waals surface area contributed by atoms with Gasteiger partial charge in [-0.3, -0.25) is 0 Å². The predicted octanol–water partition coefficient (Wildman–Crippen LogP) is 3.31. The van der Waals surface area contributed by atoms with Crippen LogP contribution < -0.4 is 0 Å². The largest absolute Gasteiger partial charge is 0.134 e. The van der Waals surface area contributed by atoms with E-state index in [1.807, 2.05) is 11.8 Å². The Labute approximate surface area is 68.5 Å². The first-order chi connectivity index (χ1) is 4.33. The van der Waals surface area contributed by atoms with Gasteiger partial charge in [0, 0.05) is 4.48 Å². The number of hydrogen-bond acceptors (Lipinski definition) is 1. The molecule has 0 saturated carbocycles. The molecule has 0 radical (unpaired) electrons. The minimum Gasteiger partial charge on any atom is -0.134 e. The van der Waals surface area contributed by atoms with Crippen LogP contribution in [0.5, 0.6) is 0 Å². The third kappa shape index (κ3) is 2.18. The molecule has 9 heavy (non-hydrogen) atoms. The molecule has 0 N–H and O–H groups in total. The smallest absolute Gasteiger partial charge is 0.0143 e. The topological polar surface area (TPSA) is 0 Å². The van der Waals surface area contributed by atoms with Gasteiger partial charge < -0.3 is 0 Å². The lowest BCUT2D eigenvalue weighted by Crippen LogP contribution is -1.83. The summed E-state index contributed by atoms with van der Waals surface area (Å²) < 4.78 is 1.23. The first-order valence-corrected chi connectivity index (χ1v) is 4.95. The summed E-state index contributed by atoms with van der Waals surface area (Å²) in [4.78, 5) is 1.48. The molecule has 0 nitrogen and oxygen atoms in total. The lowest BCUT2D eigenvalue weighted by molar-refractivity contribution is 1.02. The van der Waals surface area contributed by atoms with E-state index in [9.17, 15) is 0 Å². The monoisotopic (exact) mass is 204 g/mol. The maximum atomic E-state index is 3.44. The van der Waals surface area contributed by atoms with Gasteiger partial charge >= 0.3 is 0 Å². The van der Waals surface area contributed by atoms with Crippen LogP contribution in [0.25, 0.3) is 0 Å². The van der Waals surface area contributed by atoms with Gasteiger partial charge in [-0.2, -0.15) is 0 Å². The maximum Gasteiger partial charge on any atom is 0.0143 e. The van der Waals surface area contributed by atoms with Crippen LogP contribution in [0.1, 0.15) is 12.8 Å². The Morgan fingerprint density at radius 3 is 2.89 bits per heavy atom. The summed E-state index contributed by atoms with van der Waals surface area (Å²) in [7, 11) is 0. The Bertz CT molecular complexity index is 158. The average Bonchev–Trinajstić information content (AvgIpc) is 1.88. The number of allylic oxidation sites excluding steroid dienone is 4. The van der Waals surface area contributed by atoms with Crippen molar-refractivity contribution in [2.45, 2.75) is 12.8 Å². The Kier molecular flexibility index (Phi) is 2.86. The minimum atomic E-state index is 1.19. The van der Waals surface area contributed by atoms with E-state index >= 15 is 0 Å². The first-order valence-electron chi connectivity index (χ1n) is 2.93. The molecule has 0 aromatic rings. The number of halogens is 1. The molecule has 0 aromatic carbocycles. The number of hydrogen-bond donors (Lipinski definition) is 0. The van der Waals surface area contributed by atoms with Crippen molar-refractivity contribution in [1.29, 1.82) is 0 Å².